The quantitative estimate of drug-likeness (QED) is 0.210. The van der Waals surface area contributed by atoms with Gasteiger partial charge >= 0.3 is 0 Å². The van der Waals surface area contributed by atoms with Crippen molar-refractivity contribution in [2.75, 3.05) is 0 Å². The molecule has 3 heteroatoms. The molecule has 0 amide bonds. The van der Waals surface area contributed by atoms with Crippen LogP contribution in [0.25, 0.3) is 77.4 Å². The van der Waals surface area contributed by atoms with Crippen molar-refractivity contribution in [2.45, 2.75) is 0 Å². The Morgan fingerprint density at radius 3 is 1.25 bits per heavy atom. The van der Waals surface area contributed by atoms with Gasteiger partial charge in [0, 0.05) is 47.0 Å². The summed E-state index contributed by atoms with van der Waals surface area (Å²) in [6.07, 6.45) is 7.46. The zero-order valence-corrected chi connectivity index (χ0v) is 23.9. The summed E-state index contributed by atoms with van der Waals surface area (Å²) in [5.74, 6) is 0. The summed E-state index contributed by atoms with van der Waals surface area (Å²) in [4.78, 5) is 14.2. The number of pyridine rings is 3. The highest BCUT2D eigenvalue weighted by atomic mass is 14.7. The van der Waals surface area contributed by atoms with Crippen molar-refractivity contribution >= 4 is 21.5 Å². The van der Waals surface area contributed by atoms with Gasteiger partial charge in [0.15, 0.2) is 0 Å². The summed E-state index contributed by atoms with van der Waals surface area (Å²) in [7, 11) is 0. The van der Waals surface area contributed by atoms with Gasteiger partial charge in [-0.05, 0) is 86.3 Å². The van der Waals surface area contributed by atoms with Crippen LogP contribution >= 0.6 is 0 Å². The lowest BCUT2D eigenvalue weighted by atomic mass is 9.92. The highest BCUT2D eigenvalue weighted by molar-refractivity contribution is 5.99. The van der Waals surface area contributed by atoms with Gasteiger partial charge in [-0.25, -0.2) is 4.98 Å². The summed E-state index contributed by atoms with van der Waals surface area (Å²) >= 11 is 0. The van der Waals surface area contributed by atoms with Gasteiger partial charge < -0.3 is 0 Å². The van der Waals surface area contributed by atoms with Gasteiger partial charge in [0.1, 0.15) is 0 Å². The van der Waals surface area contributed by atoms with Crippen LogP contribution in [0.2, 0.25) is 0 Å². The first-order chi connectivity index (χ1) is 21.8. The normalized spacial score (nSPS) is 11.2. The van der Waals surface area contributed by atoms with Gasteiger partial charge in [-0.3, -0.25) is 9.97 Å². The largest absolute Gasteiger partial charge is 0.264 e. The van der Waals surface area contributed by atoms with E-state index in [2.05, 4.69) is 137 Å². The van der Waals surface area contributed by atoms with Crippen LogP contribution < -0.4 is 0 Å². The van der Waals surface area contributed by atoms with E-state index in [4.69, 9.17) is 4.98 Å². The average Bonchev–Trinajstić information content (AvgIpc) is 3.11. The van der Waals surface area contributed by atoms with Crippen molar-refractivity contribution in [3.63, 3.8) is 0 Å². The van der Waals surface area contributed by atoms with E-state index in [1.165, 1.54) is 21.5 Å². The molecule has 0 aliphatic heterocycles. The molecule has 3 heterocycles. The summed E-state index contributed by atoms with van der Waals surface area (Å²) in [5.41, 5.74) is 10.7. The van der Waals surface area contributed by atoms with Crippen molar-refractivity contribution in [1.82, 2.24) is 15.0 Å². The molecule has 8 aromatic rings. The van der Waals surface area contributed by atoms with Crippen molar-refractivity contribution in [3.05, 3.63) is 164 Å². The average molecular weight is 562 g/mol. The fourth-order valence-electron chi connectivity index (χ4n) is 6.07. The zero-order valence-electron chi connectivity index (χ0n) is 23.9. The molecular formula is C41H27N3. The molecule has 0 spiro atoms. The minimum atomic E-state index is 0.942. The second kappa shape index (κ2) is 11.0. The van der Waals surface area contributed by atoms with Crippen LogP contribution in [0.5, 0.6) is 0 Å². The number of hydrogen-bond acceptors (Lipinski definition) is 3. The van der Waals surface area contributed by atoms with Crippen LogP contribution in [0.3, 0.4) is 0 Å². The Morgan fingerprint density at radius 2 is 0.773 bits per heavy atom. The third kappa shape index (κ3) is 4.81. The van der Waals surface area contributed by atoms with Gasteiger partial charge in [-0.2, -0.15) is 0 Å². The SMILES string of the molecule is c1cncc(-c2cc(-c3cccnc3)cc(-c3cc(-c4cccc5ccccc45)nc(-c4cccc5ccccc45)c3)c2)c1. The molecule has 8 rings (SSSR count). The molecule has 206 valence electrons. The van der Waals surface area contributed by atoms with Crippen molar-refractivity contribution in [1.29, 1.82) is 0 Å². The summed E-state index contributed by atoms with van der Waals surface area (Å²) < 4.78 is 0. The van der Waals surface area contributed by atoms with Crippen LogP contribution in [0.1, 0.15) is 0 Å². The first-order valence-electron chi connectivity index (χ1n) is 14.7. The minimum Gasteiger partial charge on any atom is -0.264 e. The molecule has 0 saturated carbocycles. The lowest BCUT2D eigenvalue weighted by molar-refractivity contribution is 1.32. The molecule has 3 aromatic heterocycles. The first-order valence-corrected chi connectivity index (χ1v) is 14.7. The summed E-state index contributed by atoms with van der Waals surface area (Å²) in [6.45, 7) is 0. The number of fused-ring (bicyclic) bond motifs is 2. The molecule has 3 nitrogen and oxygen atoms in total. The van der Waals surface area contributed by atoms with Crippen LogP contribution in [-0.2, 0) is 0 Å². The Hall–Kier alpha value is -5.93. The number of hydrogen-bond donors (Lipinski definition) is 0. The lowest BCUT2D eigenvalue weighted by Gasteiger charge is -2.15. The third-order valence-electron chi connectivity index (χ3n) is 8.21. The lowest BCUT2D eigenvalue weighted by Crippen LogP contribution is -1.94. The fourth-order valence-corrected chi connectivity index (χ4v) is 6.07. The highest BCUT2D eigenvalue weighted by Gasteiger charge is 2.15. The van der Waals surface area contributed by atoms with Gasteiger partial charge in [-0.15, -0.1) is 0 Å². The predicted octanol–water partition coefficient (Wildman–Crippen LogP) is 10.5. The molecule has 5 aromatic carbocycles. The summed E-state index contributed by atoms with van der Waals surface area (Å²) in [6, 6.07) is 49.3. The maximum absolute atomic E-state index is 5.34. The molecular weight excluding hydrogens is 534 g/mol. The summed E-state index contributed by atoms with van der Waals surface area (Å²) in [5, 5.41) is 4.76. The Balaban J connectivity index is 1.41. The topological polar surface area (TPSA) is 38.7 Å². The molecule has 44 heavy (non-hydrogen) atoms. The molecule has 0 atom stereocenters. The van der Waals surface area contributed by atoms with Crippen molar-refractivity contribution < 1.29 is 0 Å². The Kier molecular flexibility index (Phi) is 6.47. The molecule has 0 saturated heterocycles. The van der Waals surface area contributed by atoms with E-state index < -0.39 is 0 Å². The zero-order chi connectivity index (χ0) is 29.3. The van der Waals surface area contributed by atoms with Crippen LogP contribution in [-0.4, -0.2) is 15.0 Å². The maximum atomic E-state index is 5.34. The van der Waals surface area contributed by atoms with Crippen molar-refractivity contribution in [3.8, 4) is 55.9 Å². The second-order valence-electron chi connectivity index (χ2n) is 11.0. The Morgan fingerprint density at radius 1 is 0.341 bits per heavy atom. The van der Waals surface area contributed by atoms with Crippen LogP contribution in [0.4, 0.5) is 0 Å². The molecule has 0 fully saturated rings. The van der Waals surface area contributed by atoms with Crippen molar-refractivity contribution in [2.24, 2.45) is 0 Å². The first kappa shape index (κ1) is 25.8. The number of aromatic nitrogens is 3. The van der Waals surface area contributed by atoms with Gasteiger partial charge in [0.2, 0.25) is 0 Å². The van der Waals surface area contributed by atoms with E-state index in [0.29, 0.717) is 0 Å². The number of benzene rings is 5. The maximum Gasteiger partial charge on any atom is 0.0721 e. The van der Waals surface area contributed by atoms with E-state index >= 15 is 0 Å². The number of rotatable bonds is 5. The highest BCUT2D eigenvalue weighted by Crippen LogP contribution is 2.38. The van der Waals surface area contributed by atoms with Crippen LogP contribution in [0.15, 0.2) is 164 Å². The molecule has 0 bridgehead atoms. The van der Waals surface area contributed by atoms with Gasteiger partial charge in [-0.1, -0.05) is 97.1 Å². The molecule has 0 radical (unpaired) electrons. The van der Waals surface area contributed by atoms with Gasteiger partial charge in [0.05, 0.1) is 11.4 Å². The van der Waals surface area contributed by atoms with E-state index in [1.807, 2.05) is 36.9 Å². The van der Waals surface area contributed by atoms with E-state index in [9.17, 15) is 0 Å². The predicted molar refractivity (Wildman–Crippen MR) is 182 cm³/mol. The van der Waals surface area contributed by atoms with E-state index in [0.717, 1.165) is 55.9 Å². The monoisotopic (exact) mass is 561 g/mol. The smallest absolute Gasteiger partial charge is 0.0721 e. The number of nitrogens with zero attached hydrogens (tertiary/aromatic N) is 3. The van der Waals surface area contributed by atoms with E-state index in [-0.39, 0.29) is 0 Å². The fraction of sp³-hybridized carbons (Fsp3) is 0. The Bertz CT molecular complexity index is 2110. The van der Waals surface area contributed by atoms with Crippen LogP contribution in [0, 0.1) is 0 Å². The molecule has 0 aliphatic carbocycles. The van der Waals surface area contributed by atoms with E-state index in [1.54, 1.807) is 0 Å². The molecule has 0 N–H and O–H groups in total. The Labute approximate surface area is 256 Å². The standard InChI is InChI=1S/C41H27N3/c1-3-15-36-28(9-1)11-5-17-38(36)40-24-35(25-41(44-40)39-18-6-12-29-10-2-4-16-37(29)39)34-22-32(30-13-7-19-42-26-30)21-33(23-34)31-14-8-20-43-27-31/h1-27H. The molecule has 0 unspecified atom stereocenters. The third-order valence-corrected chi connectivity index (χ3v) is 8.21. The molecule has 0 aliphatic rings. The second-order valence-corrected chi connectivity index (χ2v) is 11.0. The van der Waals surface area contributed by atoms with Gasteiger partial charge in [0.25, 0.3) is 0 Å². The minimum absolute atomic E-state index is 0.942.